The summed E-state index contributed by atoms with van der Waals surface area (Å²) in [5.74, 6) is 0.232. The molecule has 0 bridgehead atoms. The fourth-order valence-corrected chi connectivity index (χ4v) is 4.82. The second kappa shape index (κ2) is 7.09. The predicted molar refractivity (Wildman–Crippen MR) is 85.1 cm³/mol. The first-order valence-electron chi connectivity index (χ1n) is 7.09. The van der Waals surface area contributed by atoms with Gasteiger partial charge in [0.2, 0.25) is 10.0 Å². The molecule has 2 unspecified atom stereocenters. The van der Waals surface area contributed by atoms with Gasteiger partial charge in [0.05, 0.1) is 11.4 Å². The van der Waals surface area contributed by atoms with Crippen molar-refractivity contribution >= 4 is 22.4 Å². The fourth-order valence-electron chi connectivity index (χ4n) is 3.05. The Kier molecular flexibility index (Phi) is 6.22. The van der Waals surface area contributed by atoms with E-state index in [1.54, 1.807) is 25.6 Å². The number of nitrogens with zero attached hydrogens (tertiary/aromatic N) is 2. The van der Waals surface area contributed by atoms with Crippen LogP contribution in [-0.2, 0) is 17.1 Å². The fraction of sp³-hybridized carbons (Fsp3) is 0.769. The third-order valence-electron chi connectivity index (χ3n) is 4.23. The summed E-state index contributed by atoms with van der Waals surface area (Å²) < 4.78 is 29.7. The highest BCUT2D eigenvalue weighted by molar-refractivity contribution is 7.89. The van der Waals surface area contributed by atoms with E-state index >= 15 is 0 Å². The molecule has 122 valence electrons. The maximum absolute atomic E-state index is 12.6. The first-order chi connectivity index (χ1) is 9.36. The Morgan fingerprint density at radius 3 is 2.48 bits per heavy atom. The lowest BCUT2D eigenvalue weighted by atomic mass is 9.85. The van der Waals surface area contributed by atoms with Gasteiger partial charge in [-0.15, -0.1) is 12.4 Å². The van der Waals surface area contributed by atoms with Gasteiger partial charge < -0.3 is 5.73 Å². The van der Waals surface area contributed by atoms with Crippen molar-refractivity contribution in [1.82, 2.24) is 14.5 Å². The standard InChI is InChI=1S/C13H24N4O2S.ClH/c1-9-13(10(2)17(3)15-9)20(18,19)16-12-7-5-4-6-11(12)8-14;/h11-12,16H,4-8,14H2,1-3H3;1H. The number of hydrogen-bond donors (Lipinski definition) is 2. The maximum atomic E-state index is 12.6. The van der Waals surface area contributed by atoms with Crippen molar-refractivity contribution in [2.45, 2.75) is 50.5 Å². The SMILES string of the molecule is Cc1nn(C)c(C)c1S(=O)(=O)NC1CCCCC1CN.Cl. The van der Waals surface area contributed by atoms with Gasteiger partial charge in [0.1, 0.15) is 4.90 Å². The lowest BCUT2D eigenvalue weighted by Gasteiger charge is -2.31. The summed E-state index contributed by atoms with van der Waals surface area (Å²) >= 11 is 0. The van der Waals surface area contributed by atoms with E-state index in [-0.39, 0.29) is 24.4 Å². The van der Waals surface area contributed by atoms with E-state index in [0.29, 0.717) is 22.8 Å². The number of hydrogen-bond acceptors (Lipinski definition) is 4. The summed E-state index contributed by atoms with van der Waals surface area (Å²) in [7, 11) is -1.78. The van der Waals surface area contributed by atoms with E-state index in [2.05, 4.69) is 9.82 Å². The van der Waals surface area contributed by atoms with Crippen LogP contribution in [0.1, 0.15) is 37.1 Å². The molecule has 0 radical (unpaired) electrons. The van der Waals surface area contributed by atoms with Crippen LogP contribution in [0, 0.1) is 19.8 Å². The van der Waals surface area contributed by atoms with Crippen LogP contribution in [0.4, 0.5) is 0 Å². The van der Waals surface area contributed by atoms with Gasteiger partial charge >= 0.3 is 0 Å². The first kappa shape index (κ1) is 18.4. The van der Waals surface area contributed by atoms with Crippen LogP contribution in [0.2, 0.25) is 0 Å². The summed E-state index contributed by atoms with van der Waals surface area (Å²) in [5.41, 5.74) is 6.97. The van der Waals surface area contributed by atoms with E-state index in [1.807, 2.05) is 0 Å². The van der Waals surface area contributed by atoms with E-state index in [9.17, 15) is 8.42 Å². The highest BCUT2D eigenvalue weighted by Crippen LogP contribution is 2.26. The number of aromatic nitrogens is 2. The highest BCUT2D eigenvalue weighted by atomic mass is 35.5. The quantitative estimate of drug-likeness (QED) is 0.866. The van der Waals surface area contributed by atoms with Crippen LogP contribution < -0.4 is 10.5 Å². The number of nitrogens with one attached hydrogen (secondary N) is 1. The minimum Gasteiger partial charge on any atom is -0.330 e. The molecule has 1 heterocycles. The largest absolute Gasteiger partial charge is 0.330 e. The zero-order valence-corrected chi connectivity index (χ0v) is 14.4. The van der Waals surface area contributed by atoms with Crippen molar-refractivity contribution in [1.29, 1.82) is 0 Å². The molecule has 2 rings (SSSR count). The highest BCUT2D eigenvalue weighted by Gasteiger charge is 2.31. The van der Waals surface area contributed by atoms with Crippen LogP contribution in [0.25, 0.3) is 0 Å². The van der Waals surface area contributed by atoms with Crippen molar-refractivity contribution in [3.05, 3.63) is 11.4 Å². The molecule has 2 atom stereocenters. The maximum Gasteiger partial charge on any atom is 0.244 e. The summed E-state index contributed by atoms with van der Waals surface area (Å²) in [4.78, 5) is 0.307. The number of aryl methyl sites for hydroxylation is 2. The number of halogens is 1. The Morgan fingerprint density at radius 2 is 1.95 bits per heavy atom. The monoisotopic (exact) mass is 336 g/mol. The normalized spacial score (nSPS) is 22.9. The smallest absolute Gasteiger partial charge is 0.244 e. The lowest BCUT2D eigenvalue weighted by Crippen LogP contribution is -2.44. The molecule has 0 aliphatic heterocycles. The Bertz CT molecular complexity index is 585. The number of nitrogens with two attached hydrogens (primary N) is 1. The molecule has 1 saturated carbocycles. The molecule has 0 spiro atoms. The summed E-state index contributed by atoms with van der Waals surface area (Å²) in [6.45, 7) is 4.02. The van der Waals surface area contributed by atoms with Gasteiger partial charge in [-0.05, 0) is 39.2 Å². The molecule has 0 amide bonds. The van der Waals surface area contributed by atoms with Crippen molar-refractivity contribution in [2.24, 2.45) is 18.7 Å². The minimum atomic E-state index is -3.53. The zero-order chi connectivity index (χ0) is 14.9. The summed E-state index contributed by atoms with van der Waals surface area (Å²) in [6, 6.07) is -0.0576. The third kappa shape index (κ3) is 3.77. The topological polar surface area (TPSA) is 90.0 Å². The van der Waals surface area contributed by atoms with Gasteiger partial charge in [0.15, 0.2) is 0 Å². The van der Waals surface area contributed by atoms with Crippen molar-refractivity contribution < 1.29 is 8.42 Å². The van der Waals surface area contributed by atoms with E-state index in [0.717, 1.165) is 25.7 Å². The van der Waals surface area contributed by atoms with Gasteiger partial charge in [0, 0.05) is 13.1 Å². The van der Waals surface area contributed by atoms with Gasteiger partial charge in [-0.3, -0.25) is 4.68 Å². The third-order valence-corrected chi connectivity index (χ3v) is 5.97. The van der Waals surface area contributed by atoms with Crippen LogP contribution in [-0.4, -0.2) is 30.8 Å². The molecule has 1 aromatic heterocycles. The van der Waals surface area contributed by atoms with E-state index < -0.39 is 10.0 Å². The molecule has 6 nitrogen and oxygen atoms in total. The second-order valence-corrected chi connectivity index (χ2v) is 7.28. The molecule has 8 heteroatoms. The molecule has 1 aliphatic rings. The molecular weight excluding hydrogens is 312 g/mol. The van der Waals surface area contributed by atoms with Crippen molar-refractivity contribution in [2.75, 3.05) is 6.54 Å². The molecule has 3 N–H and O–H groups in total. The van der Waals surface area contributed by atoms with Crippen LogP contribution >= 0.6 is 12.4 Å². The average Bonchev–Trinajstić information content (AvgIpc) is 2.63. The molecule has 0 saturated heterocycles. The van der Waals surface area contributed by atoms with E-state index in [1.165, 1.54) is 0 Å². The number of rotatable bonds is 4. The first-order valence-corrected chi connectivity index (χ1v) is 8.57. The van der Waals surface area contributed by atoms with Crippen LogP contribution in [0.3, 0.4) is 0 Å². The molecule has 1 fully saturated rings. The van der Waals surface area contributed by atoms with Crippen molar-refractivity contribution in [3.8, 4) is 0 Å². The van der Waals surface area contributed by atoms with Gasteiger partial charge in [-0.1, -0.05) is 12.8 Å². The summed E-state index contributed by atoms with van der Waals surface area (Å²) in [5, 5.41) is 4.18. The van der Waals surface area contributed by atoms with Crippen LogP contribution in [0.5, 0.6) is 0 Å². The second-order valence-electron chi connectivity index (χ2n) is 5.63. The summed E-state index contributed by atoms with van der Waals surface area (Å²) in [6.07, 6.45) is 4.04. The predicted octanol–water partition coefficient (Wildman–Crippen LogP) is 1.25. The molecule has 1 aliphatic carbocycles. The molecule has 0 aromatic carbocycles. The number of sulfonamides is 1. The molecule has 21 heavy (non-hydrogen) atoms. The van der Waals surface area contributed by atoms with Crippen LogP contribution in [0.15, 0.2) is 4.90 Å². The molecular formula is C13H25ClN4O2S. The van der Waals surface area contributed by atoms with Crippen molar-refractivity contribution in [3.63, 3.8) is 0 Å². The Hall–Kier alpha value is -0.630. The Morgan fingerprint density at radius 1 is 1.33 bits per heavy atom. The zero-order valence-electron chi connectivity index (χ0n) is 12.8. The average molecular weight is 337 g/mol. The Balaban J connectivity index is 0.00000220. The minimum absolute atomic E-state index is 0. The van der Waals surface area contributed by atoms with E-state index in [4.69, 9.17) is 5.73 Å². The van der Waals surface area contributed by atoms with Gasteiger partial charge in [0.25, 0.3) is 0 Å². The molecule has 1 aromatic rings. The van der Waals surface area contributed by atoms with Gasteiger partial charge in [-0.25, -0.2) is 13.1 Å². The van der Waals surface area contributed by atoms with Gasteiger partial charge in [-0.2, -0.15) is 5.10 Å². The Labute approximate surface area is 132 Å². The lowest BCUT2D eigenvalue weighted by molar-refractivity contribution is 0.296.